The number of nitrogen functional groups attached to an aromatic ring is 1. The number of benzene rings is 1. The number of nitrogens with zero attached hydrogens (tertiary/aromatic N) is 3. The van der Waals surface area contributed by atoms with Gasteiger partial charge in [0.15, 0.2) is 5.82 Å². The molecule has 0 spiro atoms. The van der Waals surface area contributed by atoms with Crippen molar-refractivity contribution in [1.82, 2.24) is 14.8 Å². The Kier molecular flexibility index (Phi) is 3.07. The topological polar surface area (TPSA) is 56.7 Å². The van der Waals surface area contributed by atoms with E-state index in [1.54, 1.807) is 22.9 Å². The average molecular weight is 251 g/mol. The van der Waals surface area contributed by atoms with E-state index in [1.807, 2.05) is 7.05 Å². The fourth-order valence-corrected chi connectivity index (χ4v) is 1.93. The molecule has 0 atom stereocenters. The van der Waals surface area contributed by atoms with E-state index in [2.05, 4.69) is 23.9 Å². The number of nitrogens with two attached hydrogens (primary N) is 1. The lowest BCUT2D eigenvalue weighted by atomic mass is 10.2. The number of rotatable bonds is 2. The van der Waals surface area contributed by atoms with Gasteiger partial charge in [-0.25, -0.2) is 4.98 Å². The van der Waals surface area contributed by atoms with E-state index in [0.29, 0.717) is 22.5 Å². The number of hydrogen-bond acceptors (Lipinski definition) is 3. The van der Waals surface area contributed by atoms with Crippen molar-refractivity contribution >= 4 is 17.3 Å². The van der Waals surface area contributed by atoms with E-state index >= 15 is 0 Å². The van der Waals surface area contributed by atoms with Crippen LogP contribution in [0, 0.1) is 0 Å². The van der Waals surface area contributed by atoms with E-state index in [1.165, 1.54) is 0 Å². The van der Waals surface area contributed by atoms with E-state index in [-0.39, 0.29) is 0 Å². The van der Waals surface area contributed by atoms with Crippen LogP contribution in [0.2, 0.25) is 5.02 Å². The zero-order valence-electron chi connectivity index (χ0n) is 10.1. The van der Waals surface area contributed by atoms with Crippen molar-refractivity contribution < 1.29 is 0 Å². The molecule has 0 aliphatic heterocycles. The second-order valence-electron chi connectivity index (χ2n) is 4.31. The molecule has 90 valence electrons. The van der Waals surface area contributed by atoms with Crippen molar-refractivity contribution in [3.63, 3.8) is 0 Å². The molecule has 4 nitrogen and oxygen atoms in total. The number of halogens is 1. The first-order chi connectivity index (χ1) is 7.99. The highest BCUT2D eigenvalue weighted by molar-refractivity contribution is 6.33. The Hall–Kier alpha value is -1.55. The van der Waals surface area contributed by atoms with Crippen LogP contribution >= 0.6 is 11.6 Å². The summed E-state index contributed by atoms with van der Waals surface area (Å²) in [6.07, 6.45) is 0. The predicted octanol–water partition coefficient (Wildman–Crippen LogP) is 2.84. The summed E-state index contributed by atoms with van der Waals surface area (Å²) >= 11 is 6.13. The first-order valence-corrected chi connectivity index (χ1v) is 5.83. The first-order valence-electron chi connectivity index (χ1n) is 5.45. The molecule has 0 bridgehead atoms. The molecule has 2 N–H and O–H groups in total. The molecule has 1 heterocycles. The summed E-state index contributed by atoms with van der Waals surface area (Å²) in [7, 11) is 1.88. The standard InChI is InChI=1S/C12H15ClN4/c1-7(2)12-15-11(16-17(12)3)9-6-8(14)4-5-10(9)13/h4-7H,14H2,1-3H3. The molecule has 0 saturated heterocycles. The minimum absolute atomic E-state index is 0.320. The van der Waals surface area contributed by atoms with Crippen molar-refractivity contribution in [2.75, 3.05) is 5.73 Å². The number of aryl methyl sites for hydroxylation is 1. The monoisotopic (exact) mass is 250 g/mol. The van der Waals surface area contributed by atoms with E-state index in [4.69, 9.17) is 17.3 Å². The second kappa shape index (κ2) is 4.37. The maximum absolute atomic E-state index is 6.13. The van der Waals surface area contributed by atoms with Crippen LogP contribution in [-0.2, 0) is 7.05 Å². The highest BCUT2D eigenvalue weighted by Gasteiger charge is 2.14. The van der Waals surface area contributed by atoms with Crippen LogP contribution < -0.4 is 5.73 Å². The van der Waals surface area contributed by atoms with Gasteiger partial charge in [-0.05, 0) is 18.2 Å². The lowest BCUT2D eigenvalue weighted by Gasteiger charge is -2.01. The SMILES string of the molecule is CC(C)c1nc(-c2cc(N)ccc2Cl)nn1C. The smallest absolute Gasteiger partial charge is 0.182 e. The lowest BCUT2D eigenvalue weighted by molar-refractivity contribution is 0.655. The van der Waals surface area contributed by atoms with Gasteiger partial charge in [-0.1, -0.05) is 25.4 Å². The molecule has 1 aromatic heterocycles. The first kappa shape index (κ1) is 11.9. The Morgan fingerprint density at radius 3 is 2.65 bits per heavy atom. The summed E-state index contributed by atoms with van der Waals surface area (Å²) < 4.78 is 1.78. The summed E-state index contributed by atoms with van der Waals surface area (Å²) in [5.41, 5.74) is 7.18. The number of hydrogen-bond donors (Lipinski definition) is 1. The van der Waals surface area contributed by atoms with Crippen LogP contribution in [-0.4, -0.2) is 14.8 Å². The molecule has 0 aliphatic rings. The molecular formula is C12H15ClN4. The molecule has 2 aromatic rings. The van der Waals surface area contributed by atoms with Gasteiger partial charge in [0.1, 0.15) is 5.82 Å². The zero-order chi connectivity index (χ0) is 12.6. The highest BCUT2D eigenvalue weighted by Crippen LogP contribution is 2.28. The molecule has 0 unspecified atom stereocenters. The molecule has 0 fully saturated rings. The zero-order valence-corrected chi connectivity index (χ0v) is 10.9. The van der Waals surface area contributed by atoms with Crippen molar-refractivity contribution in [1.29, 1.82) is 0 Å². The molecule has 0 radical (unpaired) electrons. The highest BCUT2D eigenvalue weighted by atomic mass is 35.5. The Bertz CT molecular complexity index is 545. The minimum atomic E-state index is 0.320. The number of aromatic nitrogens is 3. The Morgan fingerprint density at radius 2 is 2.06 bits per heavy atom. The van der Waals surface area contributed by atoms with Gasteiger partial charge in [-0.15, -0.1) is 0 Å². The van der Waals surface area contributed by atoms with Gasteiger partial charge in [-0.2, -0.15) is 5.10 Å². The summed E-state index contributed by atoms with van der Waals surface area (Å²) in [5.74, 6) is 1.87. The average Bonchev–Trinajstić information content (AvgIpc) is 2.64. The Morgan fingerprint density at radius 1 is 1.35 bits per heavy atom. The Labute approximate surface area is 105 Å². The van der Waals surface area contributed by atoms with Crippen LogP contribution in [0.15, 0.2) is 18.2 Å². The van der Waals surface area contributed by atoms with Crippen molar-refractivity contribution in [2.45, 2.75) is 19.8 Å². The third kappa shape index (κ3) is 2.26. The maximum atomic E-state index is 6.13. The molecule has 1 aromatic carbocycles. The molecule has 2 rings (SSSR count). The van der Waals surface area contributed by atoms with E-state index in [0.717, 1.165) is 11.4 Å². The van der Waals surface area contributed by atoms with E-state index < -0.39 is 0 Å². The van der Waals surface area contributed by atoms with Gasteiger partial charge < -0.3 is 5.73 Å². The van der Waals surface area contributed by atoms with Crippen molar-refractivity contribution in [3.05, 3.63) is 29.0 Å². The molecule has 17 heavy (non-hydrogen) atoms. The summed E-state index contributed by atoms with van der Waals surface area (Å²) in [5, 5.41) is 4.98. The molecule has 5 heteroatoms. The Balaban J connectivity index is 2.53. The van der Waals surface area contributed by atoms with Crippen molar-refractivity contribution in [3.8, 4) is 11.4 Å². The van der Waals surface area contributed by atoms with Crippen LogP contribution in [0.5, 0.6) is 0 Å². The third-order valence-electron chi connectivity index (χ3n) is 2.54. The fraction of sp³-hybridized carbons (Fsp3) is 0.333. The quantitative estimate of drug-likeness (QED) is 0.834. The van der Waals surface area contributed by atoms with Gasteiger partial charge in [0.25, 0.3) is 0 Å². The third-order valence-corrected chi connectivity index (χ3v) is 2.87. The fourth-order valence-electron chi connectivity index (χ4n) is 1.73. The van der Waals surface area contributed by atoms with Gasteiger partial charge in [0, 0.05) is 24.2 Å². The normalized spacial score (nSPS) is 11.1. The summed E-state index contributed by atoms with van der Waals surface area (Å²) in [6.45, 7) is 4.16. The van der Waals surface area contributed by atoms with Gasteiger partial charge in [0.2, 0.25) is 0 Å². The van der Waals surface area contributed by atoms with Gasteiger partial charge in [-0.3, -0.25) is 4.68 Å². The number of anilines is 1. The largest absolute Gasteiger partial charge is 0.399 e. The summed E-state index contributed by atoms with van der Waals surface area (Å²) in [6, 6.07) is 5.32. The molecular weight excluding hydrogens is 236 g/mol. The predicted molar refractivity (Wildman–Crippen MR) is 70.0 cm³/mol. The second-order valence-corrected chi connectivity index (χ2v) is 4.72. The van der Waals surface area contributed by atoms with Crippen LogP contribution in [0.1, 0.15) is 25.6 Å². The van der Waals surface area contributed by atoms with Crippen LogP contribution in [0.3, 0.4) is 0 Å². The maximum Gasteiger partial charge on any atom is 0.182 e. The van der Waals surface area contributed by atoms with Gasteiger partial charge in [0.05, 0.1) is 5.02 Å². The lowest BCUT2D eigenvalue weighted by Crippen LogP contribution is -2.00. The van der Waals surface area contributed by atoms with Crippen molar-refractivity contribution in [2.24, 2.45) is 7.05 Å². The van der Waals surface area contributed by atoms with Crippen LogP contribution in [0.4, 0.5) is 5.69 Å². The van der Waals surface area contributed by atoms with E-state index in [9.17, 15) is 0 Å². The van der Waals surface area contributed by atoms with Crippen LogP contribution in [0.25, 0.3) is 11.4 Å². The minimum Gasteiger partial charge on any atom is -0.399 e. The molecule has 0 aliphatic carbocycles. The summed E-state index contributed by atoms with van der Waals surface area (Å²) in [4.78, 5) is 4.49. The molecule has 0 amide bonds. The van der Waals surface area contributed by atoms with Gasteiger partial charge >= 0.3 is 0 Å². The molecule has 0 saturated carbocycles.